The summed E-state index contributed by atoms with van der Waals surface area (Å²) in [5.74, 6) is -0.587. The normalized spacial score (nSPS) is 11.1. The van der Waals surface area contributed by atoms with Gasteiger partial charge in [-0.2, -0.15) is 5.10 Å². The minimum Gasteiger partial charge on any atom is -0.477 e. The van der Waals surface area contributed by atoms with E-state index in [-0.39, 0.29) is 16.5 Å². The summed E-state index contributed by atoms with van der Waals surface area (Å²) >= 11 is 9.08. The van der Waals surface area contributed by atoms with Crippen LogP contribution in [0.1, 0.15) is 12.5 Å². The number of nitrogens with one attached hydrogen (secondary N) is 1. The Bertz CT molecular complexity index is 842. The molecule has 7 nitrogen and oxygen atoms in total. The van der Waals surface area contributed by atoms with Crippen LogP contribution in [0, 0.1) is 10.1 Å². The van der Waals surface area contributed by atoms with Gasteiger partial charge in [0.15, 0.2) is 12.4 Å². The van der Waals surface area contributed by atoms with Crippen LogP contribution in [0.3, 0.4) is 0 Å². The largest absolute Gasteiger partial charge is 0.477 e. The molecule has 0 aliphatic carbocycles. The molecule has 1 amide bonds. The van der Waals surface area contributed by atoms with Gasteiger partial charge in [-0.3, -0.25) is 14.9 Å². The van der Waals surface area contributed by atoms with E-state index in [0.717, 1.165) is 16.1 Å². The van der Waals surface area contributed by atoms with Crippen molar-refractivity contribution in [1.29, 1.82) is 0 Å². The van der Waals surface area contributed by atoms with Crippen LogP contribution in [-0.2, 0) is 4.79 Å². The Morgan fingerprint density at radius 1 is 1.36 bits per heavy atom. The number of hydrogen-bond donors (Lipinski definition) is 1. The number of halogens is 2. The van der Waals surface area contributed by atoms with Gasteiger partial charge in [0.25, 0.3) is 5.91 Å². The number of ether oxygens (including phenoxy) is 1. The van der Waals surface area contributed by atoms with Gasteiger partial charge in [0.2, 0.25) is 0 Å². The number of nitro groups is 1. The molecule has 25 heavy (non-hydrogen) atoms. The van der Waals surface area contributed by atoms with Crippen LogP contribution >= 0.6 is 27.5 Å². The molecule has 0 unspecified atom stereocenters. The highest BCUT2D eigenvalue weighted by Crippen LogP contribution is 2.29. The molecule has 0 aliphatic heterocycles. The van der Waals surface area contributed by atoms with Gasteiger partial charge in [-0.05, 0) is 36.8 Å². The Morgan fingerprint density at radius 3 is 2.80 bits per heavy atom. The molecule has 0 bridgehead atoms. The molecule has 0 spiro atoms. The van der Waals surface area contributed by atoms with Crippen molar-refractivity contribution in [3.05, 3.63) is 67.6 Å². The third kappa shape index (κ3) is 5.54. The zero-order chi connectivity index (χ0) is 18.4. The van der Waals surface area contributed by atoms with Crippen molar-refractivity contribution in [1.82, 2.24) is 5.43 Å². The van der Waals surface area contributed by atoms with Crippen LogP contribution in [0.5, 0.6) is 5.75 Å². The quantitative estimate of drug-likeness (QED) is 0.430. The van der Waals surface area contributed by atoms with E-state index in [9.17, 15) is 14.9 Å². The fourth-order valence-electron chi connectivity index (χ4n) is 1.86. The van der Waals surface area contributed by atoms with Crippen molar-refractivity contribution >= 4 is 44.8 Å². The highest BCUT2D eigenvalue weighted by atomic mass is 79.9. The van der Waals surface area contributed by atoms with Crippen LogP contribution in [-0.4, -0.2) is 23.1 Å². The van der Waals surface area contributed by atoms with Crippen molar-refractivity contribution < 1.29 is 14.5 Å². The fourth-order valence-corrected chi connectivity index (χ4v) is 2.42. The van der Waals surface area contributed by atoms with E-state index in [1.54, 1.807) is 6.92 Å². The summed E-state index contributed by atoms with van der Waals surface area (Å²) in [7, 11) is 0. The van der Waals surface area contributed by atoms with Crippen LogP contribution in [0.2, 0.25) is 5.02 Å². The second-order valence-corrected chi connectivity index (χ2v) is 6.25. The van der Waals surface area contributed by atoms with Gasteiger partial charge in [-0.1, -0.05) is 39.7 Å². The maximum Gasteiger partial charge on any atom is 0.312 e. The monoisotopic (exact) mass is 425 g/mol. The molecule has 0 heterocycles. The molecule has 2 aromatic carbocycles. The van der Waals surface area contributed by atoms with E-state index < -0.39 is 17.4 Å². The van der Waals surface area contributed by atoms with Gasteiger partial charge in [0.1, 0.15) is 0 Å². The van der Waals surface area contributed by atoms with Gasteiger partial charge in [0, 0.05) is 15.6 Å². The number of nitrogens with zero attached hydrogens (tertiary/aromatic N) is 2. The van der Waals surface area contributed by atoms with E-state index >= 15 is 0 Å². The average Bonchev–Trinajstić information content (AvgIpc) is 2.58. The molecule has 130 valence electrons. The first-order chi connectivity index (χ1) is 11.9. The maximum absolute atomic E-state index is 11.8. The summed E-state index contributed by atoms with van der Waals surface area (Å²) in [4.78, 5) is 22.1. The van der Waals surface area contributed by atoms with Crippen molar-refractivity contribution in [2.24, 2.45) is 5.10 Å². The highest BCUT2D eigenvalue weighted by molar-refractivity contribution is 9.10. The molecule has 2 aromatic rings. The molecule has 0 saturated heterocycles. The van der Waals surface area contributed by atoms with Crippen molar-refractivity contribution in [2.45, 2.75) is 6.92 Å². The van der Waals surface area contributed by atoms with E-state index in [1.807, 2.05) is 24.3 Å². The first-order valence-corrected chi connectivity index (χ1v) is 8.19. The van der Waals surface area contributed by atoms with Crippen molar-refractivity contribution in [2.75, 3.05) is 6.61 Å². The van der Waals surface area contributed by atoms with Gasteiger partial charge < -0.3 is 4.74 Å². The summed E-state index contributed by atoms with van der Waals surface area (Å²) in [6, 6.07) is 11.4. The zero-order valence-electron chi connectivity index (χ0n) is 13.0. The predicted octanol–water partition coefficient (Wildman–Crippen LogP) is 3.93. The number of nitro benzene ring substituents is 1. The number of hydrogen-bond acceptors (Lipinski definition) is 5. The van der Waals surface area contributed by atoms with Crippen LogP contribution in [0.4, 0.5) is 5.69 Å². The maximum atomic E-state index is 11.8. The molecule has 9 heteroatoms. The van der Waals surface area contributed by atoms with Gasteiger partial charge >= 0.3 is 5.69 Å². The molecule has 2 rings (SSSR count). The van der Waals surface area contributed by atoms with E-state index in [2.05, 4.69) is 26.5 Å². The third-order valence-electron chi connectivity index (χ3n) is 3.07. The SMILES string of the molecule is C/C(=N/NC(=O)COc1ccc(Cl)cc1[N+](=O)[O-])c1cccc(Br)c1. The topological polar surface area (TPSA) is 93.8 Å². The lowest BCUT2D eigenvalue weighted by atomic mass is 10.1. The van der Waals surface area contributed by atoms with Gasteiger partial charge in [0.05, 0.1) is 10.6 Å². The molecule has 0 aliphatic rings. The molecule has 0 atom stereocenters. The van der Waals surface area contributed by atoms with Crippen molar-refractivity contribution in [3.63, 3.8) is 0 Å². The molecule has 0 radical (unpaired) electrons. The Morgan fingerprint density at radius 2 is 2.12 bits per heavy atom. The number of amides is 1. The third-order valence-corrected chi connectivity index (χ3v) is 3.80. The zero-order valence-corrected chi connectivity index (χ0v) is 15.4. The van der Waals surface area contributed by atoms with E-state index in [1.165, 1.54) is 12.1 Å². The summed E-state index contributed by atoms with van der Waals surface area (Å²) in [6.07, 6.45) is 0. The lowest BCUT2D eigenvalue weighted by Crippen LogP contribution is -2.25. The minimum atomic E-state index is -0.630. The summed E-state index contributed by atoms with van der Waals surface area (Å²) in [5, 5.41) is 15.1. The molecule has 0 aromatic heterocycles. The van der Waals surface area contributed by atoms with Crippen LogP contribution in [0.25, 0.3) is 0 Å². The van der Waals surface area contributed by atoms with Gasteiger partial charge in [-0.25, -0.2) is 5.43 Å². The smallest absolute Gasteiger partial charge is 0.312 e. The Hall–Kier alpha value is -2.45. The number of benzene rings is 2. The van der Waals surface area contributed by atoms with E-state index in [0.29, 0.717) is 5.71 Å². The van der Waals surface area contributed by atoms with Gasteiger partial charge in [-0.15, -0.1) is 0 Å². The lowest BCUT2D eigenvalue weighted by molar-refractivity contribution is -0.385. The molecule has 1 N–H and O–H groups in total. The second-order valence-electron chi connectivity index (χ2n) is 4.90. The standard InChI is InChI=1S/C16H13BrClN3O4/c1-10(11-3-2-4-12(17)7-11)19-20-16(22)9-25-15-6-5-13(18)8-14(15)21(23)24/h2-8H,9H2,1H3,(H,20,22)/b19-10-. The first kappa shape index (κ1) is 18.9. The fraction of sp³-hybridized carbons (Fsp3) is 0.125. The first-order valence-electron chi connectivity index (χ1n) is 7.02. The molecular formula is C16H13BrClN3O4. The number of carbonyl (C=O) groups is 1. The predicted molar refractivity (Wildman–Crippen MR) is 98.1 cm³/mol. The van der Waals surface area contributed by atoms with Crippen LogP contribution in [0.15, 0.2) is 52.0 Å². The number of carbonyl (C=O) groups excluding carboxylic acids is 1. The molecule has 0 saturated carbocycles. The Balaban J connectivity index is 1.97. The summed E-state index contributed by atoms with van der Waals surface area (Å²) in [5.41, 5.74) is 3.47. The molecular weight excluding hydrogens is 414 g/mol. The number of rotatable bonds is 6. The minimum absolute atomic E-state index is 0.0442. The number of hydrazone groups is 1. The van der Waals surface area contributed by atoms with E-state index in [4.69, 9.17) is 16.3 Å². The second kappa shape index (κ2) is 8.59. The Labute approximate surface area is 156 Å². The molecule has 0 fully saturated rings. The lowest BCUT2D eigenvalue weighted by Gasteiger charge is -2.07. The Kier molecular flexibility index (Phi) is 6.49. The van der Waals surface area contributed by atoms with Crippen molar-refractivity contribution in [3.8, 4) is 5.75 Å². The highest BCUT2D eigenvalue weighted by Gasteiger charge is 2.16. The summed E-state index contributed by atoms with van der Waals surface area (Å²) < 4.78 is 6.08. The average molecular weight is 427 g/mol. The van der Waals surface area contributed by atoms with Crippen LogP contribution < -0.4 is 10.2 Å². The summed E-state index contributed by atoms with van der Waals surface area (Å²) in [6.45, 7) is 1.32.